The molecule has 1 rings (SSSR count). The van der Waals surface area contributed by atoms with E-state index in [1.165, 1.54) is 31.2 Å². The van der Waals surface area contributed by atoms with Gasteiger partial charge < -0.3 is 5.32 Å². The number of halogens is 3. The predicted octanol–water partition coefficient (Wildman–Crippen LogP) is 3.25. The molecule has 0 aliphatic rings. The zero-order valence-electron chi connectivity index (χ0n) is 10.2. The van der Waals surface area contributed by atoms with Crippen molar-refractivity contribution >= 4 is 5.69 Å². The summed E-state index contributed by atoms with van der Waals surface area (Å²) in [5, 5.41) is 28.4. The van der Waals surface area contributed by atoms with Gasteiger partial charge in [0.15, 0.2) is 5.57 Å². The highest BCUT2D eigenvalue weighted by Gasteiger charge is 2.32. The van der Waals surface area contributed by atoms with E-state index in [4.69, 9.17) is 15.8 Å². The normalized spacial score (nSPS) is 9.85. The van der Waals surface area contributed by atoms with Gasteiger partial charge in [-0.3, -0.25) is 0 Å². The zero-order valence-corrected chi connectivity index (χ0v) is 10.2. The molecule has 0 unspecified atom stereocenters. The van der Waals surface area contributed by atoms with Gasteiger partial charge in [-0.1, -0.05) is 6.07 Å². The molecule has 0 fully saturated rings. The predicted molar refractivity (Wildman–Crippen MR) is 63.7 cm³/mol. The van der Waals surface area contributed by atoms with Crippen LogP contribution in [0.15, 0.2) is 29.5 Å². The van der Waals surface area contributed by atoms with Crippen LogP contribution in [0.4, 0.5) is 18.9 Å². The van der Waals surface area contributed by atoms with Gasteiger partial charge in [0.05, 0.1) is 5.56 Å². The third-order valence-corrected chi connectivity index (χ3v) is 2.40. The lowest BCUT2D eigenvalue weighted by Gasteiger charge is -2.12. The maximum atomic E-state index is 12.7. The molecule has 0 saturated carbocycles. The molecule has 20 heavy (non-hydrogen) atoms. The number of nitriles is 3. The van der Waals surface area contributed by atoms with E-state index in [2.05, 4.69) is 5.32 Å². The first-order valence-corrected chi connectivity index (χ1v) is 5.23. The Morgan fingerprint density at radius 3 is 2.15 bits per heavy atom. The summed E-state index contributed by atoms with van der Waals surface area (Å²) >= 11 is 0. The maximum Gasteiger partial charge on any atom is 0.416 e. The fraction of sp³-hybridized carbons (Fsp3) is 0.154. The number of nitrogens with one attached hydrogen (secondary N) is 1. The van der Waals surface area contributed by atoms with Gasteiger partial charge >= 0.3 is 6.18 Å². The first-order chi connectivity index (χ1) is 9.33. The number of benzene rings is 1. The second kappa shape index (κ2) is 5.77. The van der Waals surface area contributed by atoms with Crippen LogP contribution in [0.25, 0.3) is 0 Å². The van der Waals surface area contributed by atoms with E-state index in [0.29, 0.717) is 0 Å². The quantitative estimate of drug-likeness (QED) is 0.840. The van der Waals surface area contributed by atoms with Crippen molar-refractivity contribution in [3.8, 4) is 18.2 Å². The van der Waals surface area contributed by atoms with Crippen molar-refractivity contribution in [2.24, 2.45) is 0 Å². The topological polar surface area (TPSA) is 83.4 Å². The highest BCUT2D eigenvalue weighted by molar-refractivity contribution is 5.60. The molecule has 1 N–H and O–H groups in total. The van der Waals surface area contributed by atoms with Crippen LogP contribution in [0.3, 0.4) is 0 Å². The summed E-state index contributed by atoms with van der Waals surface area (Å²) in [7, 11) is 0. The maximum absolute atomic E-state index is 12.7. The second-order valence-corrected chi connectivity index (χ2v) is 3.74. The van der Waals surface area contributed by atoms with Crippen molar-refractivity contribution in [1.29, 1.82) is 15.8 Å². The first kappa shape index (κ1) is 15.1. The Labute approximate surface area is 113 Å². The van der Waals surface area contributed by atoms with Crippen molar-refractivity contribution in [2.45, 2.75) is 13.1 Å². The third kappa shape index (κ3) is 3.28. The van der Waals surface area contributed by atoms with Crippen molar-refractivity contribution in [3.05, 3.63) is 40.6 Å². The number of aryl methyl sites for hydroxylation is 1. The van der Waals surface area contributed by atoms with E-state index in [1.54, 1.807) is 6.07 Å². The Hall–Kier alpha value is -2.98. The second-order valence-electron chi connectivity index (χ2n) is 3.74. The Bertz CT molecular complexity index is 666. The molecule has 0 spiro atoms. The van der Waals surface area contributed by atoms with Crippen LogP contribution >= 0.6 is 0 Å². The van der Waals surface area contributed by atoms with Gasteiger partial charge in [-0.15, -0.1) is 0 Å². The van der Waals surface area contributed by atoms with E-state index in [0.717, 1.165) is 6.07 Å². The molecule has 0 saturated heterocycles. The number of hydrogen-bond donors (Lipinski definition) is 1. The van der Waals surface area contributed by atoms with E-state index in [-0.39, 0.29) is 11.3 Å². The van der Waals surface area contributed by atoms with Gasteiger partial charge in [0.25, 0.3) is 0 Å². The molecule has 0 atom stereocenters. The Morgan fingerprint density at radius 1 is 1.10 bits per heavy atom. The minimum atomic E-state index is -4.52. The SMILES string of the molecule is Cc1ccc(NC(C#N)=C(C#N)C#N)cc1C(F)(F)F. The summed E-state index contributed by atoms with van der Waals surface area (Å²) in [6.07, 6.45) is -4.52. The van der Waals surface area contributed by atoms with Crippen LogP contribution in [-0.2, 0) is 6.18 Å². The fourth-order valence-corrected chi connectivity index (χ4v) is 1.43. The van der Waals surface area contributed by atoms with Gasteiger partial charge in [0.1, 0.15) is 23.9 Å². The highest BCUT2D eigenvalue weighted by Crippen LogP contribution is 2.33. The smallest absolute Gasteiger partial charge is 0.345 e. The van der Waals surface area contributed by atoms with Gasteiger partial charge in [-0.2, -0.15) is 29.0 Å². The molecule has 100 valence electrons. The Kier molecular flexibility index (Phi) is 4.35. The summed E-state index contributed by atoms with van der Waals surface area (Å²) in [6, 6.07) is 7.93. The molecule has 0 bridgehead atoms. The van der Waals surface area contributed by atoms with Crippen LogP contribution in [0, 0.1) is 40.9 Å². The minimum absolute atomic E-state index is 0.0255. The number of hydrogen-bond acceptors (Lipinski definition) is 4. The van der Waals surface area contributed by atoms with Crippen molar-refractivity contribution in [2.75, 3.05) is 5.32 Å². The number of rotatable bonds is 2. The molecular formula is C13H7F3N4. The Balaban J connectivity index is 3.26. The van der Waals surface area contributed by atoms with Crippen LogP contribution in [-0.4, -0.2) is 0 Å². The minimum Gasteiger partial charge on any atom is -0.345 e. The fourth-order valence-electron chi connectivity index (χ4n) is 1.43. The molecule has 0 aliphatic carbocycles. The molecule has 0 amide bonds. The summed E-state index contributed by atoms with van der Waals surface area (Å²) in [6.45, 7) is 1.31. The molecule has 0 aliphatic heterocycles. The number of allylic oxidation sites excluding steroid dienone is 2. The monoisotopic (exact) mass is 276 g/mol. The standard InChI is InChI=1S/C13H7F3N4/c1-8-2-3-10(4-11(8)13(14,15)16)20-12(7-19)9(5-17)6-18/h2-4,20H,1H3. The summed E-state index contributed by atoms with van der Waals surface area (Å²) in [5.74, 6) is 0. The molecule has 1 aromatic carbocycles. The Morgan fingerprint density at radius 2 is 1.70 bits per heavy atom. The lowest BCUT2D eigenvalue weighted by Crippen LogP contribution is -2.09. The molecule has 1 aromatic rings. The van der Waals surface area contributed by atoms with Gasteiger partial charge in [0, 0.05) is 5.69 Å². The van der Waals surface area contributed by atoms with E-state index >= 15 is 0 Å². The number of anilines is 1. The molecule has 7 heteroatoms. The average Bonchev–Trinajstić information content (AvgIpc) is 2.39. The van der Waals surface area contributed by atoms with Crippen molar-refractivity contribution in [1.82, 2.24) is 0 Å². The molecular weight excluding hydrogens is 269 g/mol. The summed E-state index contributed by atoms with van der Waals surface area (Å²) in [4.78, 5) is 0. The lowest BCUT2D eigenvalue weighted by atomic mass is 10.1. The largest absolute Gasteiger partial charge is 0.416 e. The van der Waals surface area contributed by atoms with Gasteiger partial charge in [-0.05, 0) is 24.6 Å². The zero-order chi connectivity index (χ0) is 15.3. The van der Waals surface area contributed by atoms with E-state index in [1.807, 2.05) is 0 Å². The van der Waals surface area contributed by atoms with E-state index in [9.17, 15) is 13.2 Å². The van der Waals surface area contributed by atoms with E-state index < -0.39 is 23.0 Å². The molecule has 0 aromatic heterocycles. The number of nitrogens with zero attached hydrogens (tertiary/aromatic N) is 3. The summed E-state index contributed by atoms with van der Waals surface area (Å²) in [5.41, 5.74) is -1.74. The van der Waals surface area contributed by atoms with Gasteiger partial charge in [-0.25, -0.2) is 0 Å². The highest BCUT2D eigenvalue weighted by atomic mass is 19.4. The summed E-state index contributed by atoms with van der Waals surface area (Å²) < 4.78 is 38.2. The number of alkyl halides is 3. The molecule has 4 nitrogen and oxygen atoms in total. The van der Waals surface area contributed by atoms with Crippen molar-refractivity contribution < 1.29 is 13.2 Å². The van der Waals surface area contributed by atoms with Crippen LogP contribution in [0.5, 0.6) is 0 Å². The first-order valence-electron chi connectivity index (χ1n) is 5.23. The van der Waals surface area contributed by atoms with Crippen molar-refractivity contribution in [3.63, 3.8) is 0 Å². The third-order valence-electron chi connectivity index (χ3n) is 2.40. The molecule has 0 heterocycles. The van der Waals surface area contributed by atoms with Gasteiger partial charge in [0.2, 0.25) is 0 Å². The average molecular weight is 276 g/mol. The lowest BCUT2D eigenvalue weighted by molar-refractivity contribution is -0.138. The molecule has 0 radical (unpaired) electrons. The van der Waals surface area contributed by atoms with Crippen LogP contribution in [0.2, 0.25) is 0 Å². The van der Waals surface area contributed by atoms with Crippen LogP contribution in [0.1, 0.15) is 11.1 Å². The van der Waals surface area contributed by atoms with Crippen LogP contribution < -0.4 is 5.32 Å².